The molecule has 5 nitrogen and oxygen atoms in total. The fraction of sp³-hybridized carbons (Fsp3) is 0.150. The molecule has 132 valence electrons. The Bertz CT molecular complexity index is 949. The summed E-state index contributed by atoms with van der Waals surface area (Å²) in [6.07, 6.45) is 5.27. The molecule has 0 aliphatic rings. The van der Waals surface area contributed by atoms with Crippen molar-refractivity contribution in [3.8, 4) is 5.75 Å². The van der Waals surface area contributed by atoms with Crippen molar-refractivity contribution in [2.75, 3.05) is 7.11 Å². The average molecular weight is 370 g/mol. The molecule has 0 saturated carbocycles. The first-order valence-electron chi connectivity index (χ1n) is 8.06. The minimum absolute atomic E-state index is 0.0344. The summed E-state index contributed by atoms with van der Waals surface area (Å²) in [5.41, 5.74) is 1.14. The molecule has 1 aromatic heterocycles. The summed E-state index contributed by atoms with van der Waals surface area (Å²) in [6.45, 7) is 0.367. The van der Waals surface area contributed by atoms with Crippen LogP contribution in [0.1, 0.15) is 20.7 Å². The molecule has 6 heteroatoms. The molecular formula is C20H18ClN2O3+. The third-order valence-corrected chi connectivity index (χ3v) is 4.17. The third-order valence-electron chi connectivity index (χ3n) is 3.94. The van der Waals surface area contributed by atoms with Crippen molar-refractivity contribution in [3.63, 3.8) is 0 Å². The van der Waals surface area contributed by atoms with E-state index in [1.807, 2.05) is 0 Å². The molecule has 3 aromatic rings. The quantitative estimate of drug-likeness (QED) is 0.474. The van der Waals surface area contributed by atoms with Gasteiger partial charge in [-0.05, 0) is 24.3 Å². The molecule has 0 unspecified atom stereocenters. The summed E-state index contributed by atoms with van der Waals surface area (Å²) >= 11 is 5.92. The van der Waals surface area contributed by atoms with Crippen LogP contribution in [0.2, 0.25) is 5.02 Å². The van der Waals surface area contributed by atoms with E-state index in [9.17, 15) is 9.59 Å². The number of nitrogens with zero attached hydrogens (tertiary/aromatic N) is 2. The highest BCUT2D eigenvalue weighted by atomic mass is 35.5. The highest BCUT2D eigenvalue weighted by molar-refractivity contribution is 6.30. The third kappa shape index (κ3) is 4.37. The Morgan fingerprint density at radius 1 is 1.08 bits per heavy atom. The van der Waals surface area contributed by atoms with Crippen LogP contribution >= 0.6 is 11.6 Å². The van der Waals surface area contributed by atoms with Crippen molar-refractivity contribution in [2.24, 2.45) is 0 Å². The molecule has 0 amide bonds. The molecule has 0 radical (unpaired) electrons. The first-order valence-corrected chi connectivity index (χ1v) is 8.44. The topological polar surface area (TPSA) is 52.2 Å². The maximum atomic E-state index is 12.4. The lowest BCUT2D eigenvalue weighted by Crippen LogP contribution is -2.36. The number of rotatable bonds is 7. The lowest BCUT2D eigenvalue weighted by Gasteiger charge is -2.02. The second-order valence-electron chi connectivity index (χ2n) is 5.85. The van der Waals surface area contributed by atoms with Gasteiger partial charge in [0.2, 0.25) is 17.9 Å². The maximum Gasteiger partial charge on any atom is 0.244 e. The van der Waals surface area contributed by atoms with Gasteiger partial charge in [0, 0.05) is 16.1 Å². The van der Waals surface area contributed by atoms with Crippen molar-refractivity contribution >= 4 is 23.2 Å². The van der Waals surface area contributed by atoms with Gasteiger partial charge in [0.15, 0.2) is 13.1 Å². The number of ketones is 2. The SMILES string of the molecule is COc1cccc(C(=O)Cn2cc[n+](CC(=O)c3cccc(Cl)c3)c2)c1. The Kier molecular flexibility index (Phi) is 5.49. The minimum atomic E-state index is -0.0469. The number of aromatic nitrogens is 2. The van der Waals surface area contributed by atoms with Crippen LogP contribution in [0.4, 0.5) is 0 Å². The minimum Gasteiger partial charge on any atom is -0.497 e. The van der Waals surface area contributed by atoms with Gasteiger partial charge in [-0.3, -0.25) is 9.59 Å². The Hall–Kier alpha value is -2.92. The zero-order valence-electron chi connectivity index (χ0n) is 14.3. The summed E-state index contributed by atoms with van der Waals surface area (Å²) in [6, 6.07) is 13.9. The van der Waals surface area contributed by atoms with Crippen molar-refractivity contribution in [2.45, 2.75) is 13.1 Å². The van der Waals surface area contributed by atoms with Crippen LogP contribution in [0.5, 0.6) is 5.75 Å². The first kappa shape index (κ1) is 17.9. The summed E-state index contributed by atoms with van der Waals surface area (Å²) in [7, 11) is 1.56. The Labute approximate surface area is 156 Å². The molecule has 0 bridgehead atoms. The molecule has 0 spiro atoms. The molecule has 0 aliphatic heterocycles. The first-order chi connectivity index (χ1) is 12.5. The van der Waals surface area contributed by atoms with E-state index in [1.54, 1.807) is 83.5 Å². The van der Waals surface area contributed by atoms with Gasteiger partial charge in [-0.15, -0.1) is 0 Å². The van der Waals surface area contributed by atoms with E-state index in [2.05, 4.69) is 0 Å². The number of hydrogen-bond donors (Lipinski definition) is 0. The van der Waals surface area contributed by atoms with Gasteiger partial charge < -0.3 is 4.74 Å². The zero-order chi connectivity index (χ0) is 18.5. The Morgan fingerprint density at radius 2 is 1.81 bits per heavy atom. The predicted molar refractivity (Wildman–Crippen MR) is 97.7 cm³/mol. The molecular weight excluding hydrogens is 352 g/mol. The van der Waals surface area contributed by atoms with Crippen LogP contribution in [0.15, 0.2) is 67.3 Å². The highest BCUT2D eigenvalue weighted by Gasteiger charge is 2.15. The van der Waals surface area contributed by atoms with Crippen LogP contribution < -0.4 is 9.30 Å². The monoisotopic (exact) mass is 369 g/mol. The van der Waals surface area contributed by atoms with Gasteiger partial charge in [0.25, 0.3) is 0 Å². The summed E-state index contributed by atoms with van der Waals surface area (Å²) in [5.74, 6) is 0.563. The van der Waals surface area contributed by atoms with E-state index in [4.69, 9.17) is 16.3 Å². The summed E-state index contributed by atoms with van der Waals surface area (Å²) in [4.78, 5) is 24.7. The van der Waals surface area contributed by atoms with Crippen molar-refractivity contribution < 1.29 is 18.9 Å². The Balaban J connectivity index is 1.66. The number of carbonyl (C=O) groups excluding carboxylic acids is 2. The second-order valence-corrected chi connectivity index (χ2v) is 6.28. The van der Waals surface area contributed by atoms with Gasteiger partial charge in [0.05, 0.1) is 7.11 Å². The highest BCUT2D eigenvalue weighted by Crippen LogP contribution is 2.14. The maximum absolute atomic E-state index is 12.4. The molecule has 0 aliphatic carbocycles. The van der Waals surface area contributed by atoms with Crippen LogP contribution in [-0.4, -0.2) is 23.2 Å². The molecule has 0 atom stereocenters. The Morgan fingerprint density at radius 3 is 2.54 bits per heavy atom. The molecule has 3 rings (SSSR count). The largest absolute Gasteiger partial charge is 0.497 e. The van der Waals surface area contributed by atoms with E-state index in [0.717, 1.165) is 0 Å². The smallest absolute Gasteiger partial charge is 0.244 e. The van der Waals surface area contributed by atoms with Gasteiger partial charge >= 0.3 is 0 Å². The van der Waals surface area contributed by atoms with Gasteiger partial charge in [-0.25, -0.2) is 9.13 Å². The zero-order valence-corrected chi connectivity index (χ0v) is 15.0. The standard InChI is InChI=1S/C20H18ClN2O3/c1-26-18-7-3-5-16(11-18)20(25)13-23-9-8-22(14-23)12-19(24)15-4-2-6-17(21)10-15/h2-11,14H,12-13H2,1H3/q+1. The number of ether oxygens (including phenoxy) is 1. The fourth-order valence-corrected chi connectivity index (χ4v) is 2.79. The summed E-state index contributed by atoms with van der Waals surface area (Å²) in [5, 5.41) is 0.530. The second kappa shape index (κ2) is 7.97. The fourth-order valence-electron chi connectivity index (χ4n) is 2.60. The number of benzene rings is 2. The van der Waals surface area contributed by atoms with E-state index >= 15 is 0 Å². The normalized spacial score (nSPS) is 10.5. The molecule has 1 heterocycles. The lowest BCUT2D eigenvalue weighted by atomic mass is 10.1. The number of Topliss-reactive ketones (excluding diaryl/α,β-unsaturated/α-hetero) is 2. The molecule has 0 N–H and O–H groups in total. The van der Waals surface area contributed by atoms with E-state index < -0.39 is 0 Å². The predicted octanol–water partition coefficient (Wildman–Crippen LogP) is 3.20. The number of halogens is 1. The van der Waals surface area contributed by atoms with Crippen LogP contribution in [0.3, 0.4) is 0 Å². The van der Waals surface area contributed by atoms with Crippen LogP contribution in [0.25, 0.3) is 0 Å². The van der Waals surface area contributed by atoms with E-state index in [1.165, 1.54) is 0 Å². The molecule has 0 saturated heterocycles. The molecule has 0 fully saturated rings. The number of hydrogen-bond acceptors (Lipinski definition) is 3. The van der Waals surface area contributed by atoms with Crippen LogP contribution in [0, 0.1) is 0 Å². The van der Waals surface area contributed by atoms with Crippen molar-refractivity contribution in [1.82, 2.24) is 4.57 Å². The average Bonchev–Trinajstić information content (AvgIpc) is 3.08. The van der Waals surface area contributed by atoms with E-state index in [-0.39, 0.29) is 24.7 Å². The van der Waals surface area contributed by atoms with Gasteiger partial charge in [0.1, 0.15) is 18.1 Å². The molecule has 2 aromatic carbocycles. The van der Waals surface area contributed by atoms with Gasteiger partial charge in [-0.2, -0.15) is 0 Å². The van der Waals surface area contributed by atoms with Gasteiger partial charge in [-0.1, -0.05) is 35.9 Å². The van der Waals surface area contributed by atoms with Crippen LogP contribution in [-0.2, 0) is 13.1 Å². The van der Waals surface area contributed by atoms with Crippen molar-refractivity contribution in [1.29, 1.82) is 0 Å². The molecule has 26 heavy (non-hydrogen) atoms. The summed E-state index contributed by atoms with van der Waals surface area (Å²) < 4.78 is 8.62. The number of imidazole rings is 1. The van der Waals surface area contributed by atoms with E-state index in [0.29, 0.717) is 21.9 Å². The number of methoxy groups -OCH3 is 1. The number of carbonyl (C=O) groups is 2. The lowest BCUT2D eigenvalue weighted by molar-refractivity contribution is -0.682. The van der Waals surface area contributed by atoms with Crippen molar-refractivity contribution in [3.05, 3.63) is 83.4 Å².